The molecule has 3 aromatic rings. The highest BCUT2D eigenvalue weighted by Gasteiger charge is 2.08. The molecule has 0 fully saturated rings. The Bertz CT molecular complexity index is 1190. The highest BCUT2D eigenvalue weighted by atomic mass is 19.1. The number of nitrogens with one attached hydrogen (secondary N) is 1. The Kier molecular flexibility index (Phi) is 14.1. The van der Waals surface area contributed by atoms with Crippen LogP contribution in [0.4, 0.5) is 8.78 Å². The van der Waals surface area contributed by atoms with E-state index in [9.17, 15) is 28.0 Å². The van der Waals surface area contributed by atoms with Crippen molar-refractivity contribution in [1.29, 1.82) is 0 Å². The van der Waals surface area contributed by atoms with Crippen LogP contribution >= 0.6 is 0 Å². The quantitative estimate of drug-likeness (QED) is 0.358. The lowest BCUT2D eigenvalue weighted by Gasteiger charge is -2.01. The van der Waals surface area contributed by atoms with Gasteiger partial charge in [-0.2, -0.15) is 0 Å². The molecule has 3 aromatic heterocycles. The molecule has 38 heavy (non-hydrogen) atoms. The van der Waals surface area contributed by atoms with Gasteiger partial charge in [0.05, 0.1) is 45.2 Å². The molecular weight excluding hydrogens is 518 g/mol. The summed E-state index contributed by atoms with van der Waals surface area (Å²) in [5.74, 6) is -2.02. The first kappa shape index (κ1) is 30.9. The first-order valence-corrected chi connectivity index (χ1v) is 10.2. The fourth-order valence-electron chi connectivity index (χ4n) is 1.95. The van der Waals surface area contributed by atoms with Crippen LogP contribution in [0.2, 0.25) is 0 Å². The molecule has 0 aliphatic rings. The minimum atomic E-state index is -1.16. The molecule has 0 spiro atoms. The third-order valence-corrected chi connectivity index (χ3v) is 3.59. The van der Waals surface area contributed by atoms with Crippen molar-refractivity contribution in [2.24, 2.45) is 0 Å². The van der Waals surface area contributed by atoms with Crippen LogP contribution in [0, 0.1) is 0 Å². The van der Waals surface area contributed by atoms with E-state index < -0.39 is 31.3 Å². The summed E-state index contributed by atoms with van der Waals surface area (Å²) in [6.45, 7) is -1.41. The SMILES string of the molecule is COC(=O)c1c[nH]c(=O)cn1.COC(=O)c1cnc(OCCF)cn1.O=C(O)c1cnc(OCCF)cn1. The van der Waals surface area contributed by atoms with Gasteiger partial charge in [-0.25, -0.2) is 48.1 Å². The third kappa shape index (κ3) is 11.6. The van der Waals surface area contributed by atoms with E-state index in [0.29, 0.717) is 0 Å². The van der Waals surface area contributed by atoms with Gasteiger partial charge in [0, 0.05) is 6.20 Å². The molecule has 204 valence electrons. The lowest BCUT2D eigenvalue weighted by atomic mass is 10.4. The maximum Gasteiger partial charge on any atom is 0.358 e. The molecule has 0 aromatic carbocycles. The van der Waals surface area contributed by atoms with Gasteiger partial charge in [0.2, 0.25) is 11.8 Å². The molecule has 3 rings (SSSR count). The Labute approximate surface area is 212 Å². The number of hydrogen-bond donors (Lipinski definition) is 2. The summed E-state index contributed by atoms with van der Waals surface area (Å²) in [5.41, 5.74) is -0.350. The number of esters is 2. The Morgan fingerprint density at radius 2 is 1.24 bits per heavy atom. The number of nitrogens with zero attached hydrogens (tertiary/aromatic N) is 5. The minimum absolute atomic E-state index is 0.0771. The van der Waals surface area contributed by atoms with Gasteiger partial charge < -0.3 is 29.0 Å². The number of aromatic amines is 1. The van der Waals surface area contributed by atoms with Gasteiger partial charge in [-0.1, -0.05) is 0 Å². The molecule has 0 saturated heterocycles. The molecule has 0 radical (unpaired) electrons. The summed E-state index contributed by atoms with van der Waals surface area (Å²) < 4.78 is 41.7. The van der Waals surface area contributed by atoms with Gasteiger partial charge in [0.15, 0.2) is 17.1 Å². The molecule has 15 nitrogen and oxygen atoms in total. The largest absolute Gasteiger partial charge is 0.476 e. The molecule has 3 heterocycles. The number of methoxy groups -OCH3 is 2. The van der Waals surface area contributed by atoms with E-state index in [1.165, 1.54) is 32.8 Å². The van der Waals surface area contributed by atoms with Gasteiger partial charge in [-0.3, -0.25) is 4.79 Å². The van der Waals surface area contributed by atoms with Crippen LogP contribution in [-0.4, -0.2) is 93.7 Å². The van der Waals surface area contributed by atoms with Crippen LogP contribution in [-0.2, 0) is 9.47 Å². The second-order valence-electron chi connectivity index (χ2n) is 6.14. The van der Waals surface area contributed by atoms with E-state index in [-0.39, 0.29) is 47.6 Å². The number of ether oxygens (including phenoxy) is 4. The fourth-order valence-corrected chi connectivity index (χ4v) is 1.95. The van der Waals surface area contributed by atoms with Gasteiger partial charge in [0.1, 0.15) is 26.6 Å². The number of carboxylic acid groups (broad SMARTS) is 1. The number of carbonyl (C=O) groups excluding carboxylic acids is 2. The summed E-state index contributed by atoms with van der Waals surface area (Å²) in [7, 11) is 2.49. The number of aromatic carboxylic acids is 1. The Morgan fingerprint density at radius 3 is 1.61 bits per heavy atom. The molecule has 0 bridgehead atoms. The maximum absolute atomic E-state index is 11.7. The van der Waals surface area contributed by atoms with Gasteiger partial charge >= 0.3 is 17.9 Å². The normalized spacial score (nSPS) is 9.47. The third-order valence-electron chi connectivity index (χ3n) is 3.59. The van der Waals surface area contributed by atoms with E-state index >= 15 is 0 Å². The van der Waals surface area contributed by atoms with Crippen molar-refractivity contribution in [2.75, 3.05) is 40.8 Å². The number of halogens is 2. The van der Waals surface area contributed by atoms with Gasteiger partial charge in [-0.05, 0) is 0 Å². The lowest BCUT2D eigenvalue weighted by Crippen LogP contribution is -2.11. The topological polar surface area (TPSA) is 206 Å². The van der Waals surface area contributed by atoms with Crippen molar-refractivity contribution >= 4 is 17.9 Å². The average Bonchev–Trinajstić information content (AvgIpc) is 2.95. The second-order valence-corrected chi connectivity index (χ2v) is 6.14. The zero-order valence-electron chi connectivity index (χ0n) is 20.0. The van der Waals surface area contributed by atoms with Gasteiger partial charge in [0.25, 0.3) is 5.56 Å². The van der Waals surface area contributed by atoms with E-state index in [2.05, 4.69) is 39.4 Å². The van der Waals surface area contributed by atoms with Crippen molar-refractivity contribution in [2.45, 2.75) is 0 Å². The minimum Gasteiger partial charge on any atom is -0.476 e. The van der Waals surface area contributed by atoms with Crippen LogP contribution in [0.5, 0.6) is 11.8 Å². The number of rotatable bonds is 9. The number of hydrogen-bond acceptors (Lipinski definition) is 13. The summed E-state index contributed by atoms with van der Waals surface area (Å²) >= 11 is 0. The molecule has 17 heteroatoms. The molecule has 2 N–H and O–H groups in total. The van der Waals surface area contributed by atoms with Crippen LogP contribution in [0.3, 0.4) is 0 Å². The zero-order chi connectivity index (χ0) is 28.3. The first-order valence-electron chi connectivity index (χ1n) is 10.2. The number of H-pyrrole nitrogens is 1. The molecule has 0 atom stereocenters. The van der Waals surface area contributed by atoms with Crippen molar-refractivity contribution in [3.63, 3.8) is 0 Å². The Morgan fingerprint density at radius 1 is 0.763 bits per heavy atom. The van der Waals surface area contributed by atoms with E-state index in [4.69, 9.17) is 14.6 Å². The lowest BCUT2D eigenvalue weighted by molar-refractivity contribution is 0.0584. The number of aromatic nitrogens is 6. The Hall–Kier alpha value is -5.09. The molecule has 0 aliphatic heterocycles. The molecule has 0 amide bonds. The fraction of sp³-hybridized carbons (Fsp3) is 0.286. The molecular formula is C21H22F2N6O9. The van der Waals surface area contributed by atoms with Crippen molar-refractivity contribution in [3.8, 4) is 11.8 Å². The zero-order valence-corrected chi connectivity index (χ0v) is 20.0. The molecule has 0 unspecified atom stereocenters. The monoisotopic (exact) mass is 540 g/mol. The number of carbonyl (C=O) groups is 3. The van der Waals surface area contributed by atoms with Crippen molar-refractivity contribution < 1.29 is 47.2 Å². The van der Waals surface area contributed by atoms with E-state index in [1.54, 1.807) is 0 Å². The van der Waals surface area contributed by atoms with Crippen LogP contribution in [0.15, 0.2) is 42.0 Å². The van der Waals surface area contributed by atoms with Crippen molar-refractivity contribution in [1.82, 2.24) is 29.9 Å². The van der Waals surface area contributed by atoms with Crippen molar-refractivity contribution in [3.05, 3.63) is 64.6 Å². The molecule has 0 aliphatic carbocycles. The highest BCUT2D eigenvalue weighted by molar-refractivity contribution is 5.87. The van der Waals surface area contributed by atoms with Gasteiger partial charge in [-0.15, -0.1) is 0 Å². The van der Waals surface area contributed by atoms with Crippen LogP contribution in [0.1, 0.15) is 31.5 Å². The van der Waals surface area contributed by atoms with Crippen LogP contribution in [0.25, 0.3) is 0 Å². The average molecular weight is 540 g/mol. The second kappa shape index (κ2) is 17.4. The number of alkyl halides is 2. The number of carboxylic acids is 1. The van der Waals surface area contributed by atoms with E-state index in [1.807, 2.05) is 0 Å². The first-order chi connectivity index (χ1) is 18.2. The Balaban J connectivity index is 0.000000287. The molecule has 0 saturated carbocycles. The van der Waals surface area contributed by atoms with Crippen LogP contribution < -0.4 is 15.0 Å². The van der Waals surface area contributed by atoms with E-state index in [0.717, 1.165) is 18.6 Å². The standard InChI is InChI=1S/C8H9FN2O3.C7H7FN2O3.C6H6N2O3/c1-13-8(12)6-4-11-7(5-10-6)14-3-2-9;8-1-2-13-6-4-9-5(3-10-6)7(11)12;1-11-6(10)4-2-8-5(9)3-7-4/h4-5H,2-3H2,1H3;3-4H,1-2H2,(H,11,12);2-3H,1H3,(H,8,9). The maximum atomic E-state index is 11.7. The summed E-state index contributed by atoms with van der Waals surface area (Å²) in [4.78, 5) is 62.8. The predicted octanol–water partition coefficient (Wildman–Crippen LogP) is 0.691. The summed E-state index contributed by atoms with van der Waals surface area (Å²) in [6.07, 6.45) is 6.86. The smallest absolute Gasteiger partial charge is 0.358 e. The highest BCUT2D eigenvalue weighted by Crippen LogP contribution is 2.05. The summed E-state index contributed by atoms with van der Waals surface area (Å²) in [6, 6.07) is 0. The predicted molar refractivity (Wildman–Crippen MR) is 122 cm³/mol. The summed E-state index contributed by atoms with van der Waals surface area (Å²) in [5, 5.41) is 8.45.